The van der Waals surface area contributed by atoms with Crippen LogP contribution in [0.5, 0.6) is 0 Å². The average Bonchev–Trinajstić information content (AvgIpc) is 2.71. The van der Waals surface area contributed by atoms with Gasteiger partial charge in [-0.3, -0.25) is 0 Å². The van der Waals surface area contributed by atoms with E-state index >= 15 is 0 Å². The van der Waals surface area contributed by atoms with Crippen molar-refractivity contribution in [3.05, 3.63) is 29.6 Å². The lowest BCUT2D eigenvalue weighted by Crippen LogP contribution is -2.21. The molecule has 1 aliphatic rings. The summed E-state index contributed by atoms with van der Waals surface area (Å²) < 4.78 is 13.1. The molecule has 0 aromatic heterocycles. The van der Waals surface area contributed by atoms with Gasteiger partial charge < -0.3 is 5.73 Å². The molecular formula is C12H13FN2. The van der Waals surface area contributed by atoms with E-state index in [2.05, 4.69) is 6.07 Å². The van der Waals surface area contributed by atoms with Crippen LogP contribution in [0.15, 0.2) is 18.2 Å². The summed E-state index contributed by atoms with van der Waals surface area (Å²) in [5.74, 6) is -0.319. The van der Waals surface area contributed by atoms with E-state index in [1.54, 1.807) is 6.07 Å². The van der Waals surface area contributed by atoms with Crippen molar-refractivity contribution in [2.45, 2.75) is 31.1 Å². The maximum Gasteiger partial charge on any atom is 0.123 e. The van der Waals surface area contributed by atoms with Crippen molar-refractivity contribution in [1.29, 1.82) is 5.26 Å². The Morgan fingerprint density at radius 2 is 2.00 bits per heavy atom. The third kappa shape index (κ3) is 1.56. The highest BCUT2D eigenvalue weighted by molar-refractivity contribution is 5.54. The van der Waals surface area contributed by atoms with Crippen LogP contribution in [0.1, 0.15) is 31.2 Å². The molecule has 0 amide bonds. The lowest BCUT2D eigenvalue weighted by Gasteiger charge is -2.22. The Bertz CT molecular complexity index is 414. The molecule has 78 valence electrons. The van der Waals surface area contributed by atoms with Crippen LogP contribution in [0.2, 0.25) is 0 Å². The van der Waals surface area contributed by atoms with Gasteiger partial charge in [-0.2, -0.15) is 5.26 Å². The van der Waals surface area contributed by atoms with Crippen molar-refractivity contribution in [3.63, 3.8) is 0 Å². The van der Waals surface area contributed by atoms with Crippen LogP contribution in [0.25, 0.3) is 0 Å². The summed E-state index contributed by atoms with van der Waals surface area (Å²) in [7, 11) is 0. The minimum Gasteiger partial charge on any atom is -0.398 e. The van der Waals surface area contributed by atoms with Gasteiger partial charge in [0.1, 0.15) is 5.82 Å². The molecule has 0 saturated heterocycles. The molecule has 1 aromatic rings. The molecular weight excluding hydrogens is 191 g/mol. The zero-order valence-corrected chi connectivity index (χ0v) is 8.46. The fourth-order valence-corrected chi connectivity index (χ4v) is 2.36. The van der Waals surface area contributed by atoms with Crippen molar-refractivity contribution < 1.29 is 4.39 Å². The predicted octanol–water partition coefficient (Wildman–Crippen LogP) is 2.74. The minimum absolute atomic E-state index is 0.319. The molecule has 1 fully saturated rings. The Morgan fingerprint density at radius 1 is 1.33 bits per heavy atom. The molecule has 0 unspecified atom stereocenters. The van der Waals surface area contributed by atoms with Gasteiger partial charge in [-0.25, -0.2) is 4.39 Å². The van der Waals surface area contributed by atoms with Crippen LogP contribution >= 0.6 is 0 Å². The smallest absolute Gasteiger partial charge is 0.123 e. The first-order valence-corrected chi connectivity index (χ1v) is 5.15. The SMILES string of the molecule is N#CC1(c2cc(F)ccc2N)CCCC1. The standard InChI is InChI=1S/C12H13FN2/c13-9-3-4-11(15)10(7-9)12(8-14)5-1-2-6-12/h3-4,7H,1-2,5-6,15H2. The fraction of sp³-hybridized carbons (Fsp3) is 0.417. The quantitative estimate of drug-likeness (QED) is 0.715. The molecule has 0 aliphatic heterocycles. The molecule has 0 spiro atoms. The van der Waals surface area contributed by atoms with Gasteiger partial charge in [0.15, 0.2) is 0 Å². The molecule has 1 aliphatic carbocycles. The van der Waals surface area contributed by atoms with Crippen molar-refractivity contribution in [3.8, 4) is 6.07 Å². The summed E-state index contributed by atoms with van der Waals surface area (Å²) in [6.45, 7) is 0. The van der Waals surface area contributed by atoms with Gasteiger partial charge in [0.05, 0.1) is 11.5 Å². The number of nitrogens with zero attached hydrogens (tertiary/aromatic N) is 1. The lowest BCUT2D eigenvalue weighted by atomic mass is 9.79. The molecule has 0 radical (unpaired) electrons. The van der Waals surface area contributed by atoms with Crippen molar-refractivity contribution >= 4 is 5.69 Å². The Hall–Kier alpha value is -1.56. The highest BCUT2D eigenvalue weighted by Gasteiger charge is 2.37. The van der Waals surface area contributed by atoms with E-state index in [4.69, 9.17) is 5.73 Å². The first kappa shape index (κ1) is 9.97. The summed E-state index contributed by atoms with van der Waals surface area (Å²) in [5.41, 5.74) is 6.46. The van der Waals surface area contributed by atoms with Gasteiger partial charge >= 0.3 is 0 Å². The molecule has 15 heavy (non-hydrogen) atoms. The number of anilines is 1. The zero-order chi connectivity index (χ0) is 10.9. The molecule has 2 N–H and O–H groups in total. The molecule has 0 heterocycles. The molecule has 1 saturated carbocycles. The largest absolute Gasteiger partial charge is 0.398 e. The summed E-state index contributed by atoms with van der Waals surface area (Å²) in [6.07, 6.45) is 3.61. The van der Waals surface area contributed by atoms with Gasteiger partial charge in [-0.05, 0) is 36.6 Å². The number of nitriles is 1. The number of rotatable bonds is 1. The summed E-state index contributed by atoms with van der Waals surface area (Å²) in [4.78, 5) is 0. The van der Waals surface area contributed by atoms with Crippen LogP contribution in [-0.2, 0) is 5.41 Å². The van der Waals surface area contributed by atoms with Gasteiger partial charge in [0.25, 0.3) is 0 Å². The number of hydrogen-bond acceptors (Lipinski definition) is 2. The molecule has 2 nitrogen and oxygen atoms in total. The van der Waals surface area contributed by atoms with E-state index in [-0.39, 0.29) is 5.82 Å². The summed E-state index contributed by atoms with van der Waals surface area (Å²) in [6, 6.07) is 6.60. The van der Waals surface area contributed by atoms with Crippen molar-refractivity contribution in [2.75, 3.05) is 5.73 Å². The predicted molar refractivity (Wildman–Crippen MR) is 56.6 cm³/mol. The zero-order valence-electron chi connectivity index (χ0n) is 8.46. The van der Waals surface area contributed by atoms with E-state index in [0.29, 0.717) is 11.3 Å². The van der Waals surface area contributed by atoms with Crippen LogP contribution in [-0.4, -0.2) is 0 Å². The van der Waals surface area contributed by atoms with Gasteiger partial charge in [0, 0.05) is 5.69 Å². The van der Waals surface area contributed by atoms with Crippen molar-refractivity contribution in [2.24, 2.45) is 0 Å². The normalized spacial score (nSPS) is 18.7. The average molecular weight is 204 g/mol. The third-order valence-electron chi connectivity index (χ3n) is 3.20. The topological polar surface area (TPSA) is 49.8 Å². The van der Waals surface area contributed by atoms with Crippen LogP contribution in [0, 0.1) is 17.1 Å². The highest BCUT2D eigenvalue weighted by atomic mass is 19.1. The number of nitrogens with two attached hydrogens (primary N) is 1. The number of benzene rings is 1. The molecule has 2 rings (SSSR count). The molecule has 0 atom stereocenters. The third-order valence-corrected chi connectivity index (χ3v) is 3.20. The lowest BCUT2D eigenvalue weighted by molar-refractivity contribution is 0.562. The Morgan fingerprint density at radius 3 is 2.60 bits per heavy atom. The molecule has 3 heteroatoms. The van der Waals surface area contributed by atoms with Crippen LogP contribution in [0.3, 0.4) is 0 Å². The maximum atomic E-state index is 13.1. The van der Waals surface area contributed by atoms with Gasteiger partial charge in [-0.15, -0.1) is 0 Å². The van der Waals surface area contributed by atoms with Crippen LogP contribution in [0.4, 0.5) is 10.1 Å². The highest BCUT2D eigenvalue weighted by Crippen LogP contribution is 2.42. The number of nitrogen functional groups attached to an aromatic ring is 1. The van der Waals surface area contributed by atoms with E-state index in [9.17, 15) is 9.65 Å². The van der Waals surface area contributed by atoms with E-state index < -0.39 is 5.41 Å². The second-order valence-corrected chi connectivity index (χ2v) is 4.13. The first-order valence-electron chi connectivity index (χ1n) is 5.15. The monoisotopic (exact) mass is 204 g/mol. The van der Waals surface area contributed by atoms with E-state index in [1.807, 2.05) is 0 Å². The Kier molecular flexibility index (Phi) is 2.36. The Labute approximate surface area is 88.5 Å². The maximum absolute atomic E-state index is 13.1. The van der Waals surface area contributed by atoms with E-state index in [1.165, 1.54) is 12.1 Å². The van der Waals surface area contributed by atoms with Gasteiger partial charge in [0.2, 0.25) is 0 Å². The molecule has 1 aromatic carbocycles. The van der Waals surface area contributed by atoms with Crippen molar-refractivity contribution in [1.82, 2.24) is 0 Å². The van der Waals surface area contributed by atoms with E-state index in [0.717, 1.165) is 25.7 Å². The van der Waals surface area contributed by atoms with Crippen LogP contribution < -0.4 is 5.73 Å². The summed E-state index contributed by atoms with van der Waals surface area (Å²) in [5, 5.41) is 9.26. The number of halogens is 1. The number of hydrogen-bond donors (Lipinski definition) is 1. The summed E-state index contributed by atoms with van der Waals surface area (Å²) >= 11 is 0. The first-order chi connectivity index (χ1) is 7.18. The minimum atomic E-state index is -0.549. The second-order valence-electron chi connectivity index (χ2n) is 4.13. The second kappa shape index (κ2) is 3.54. The Balaban J connectivity index is 2.52. The fourth-order valence-electron chi connectivity index (χ4n) is 2.36. The molecule has 0 bridgehead atoms. The van der Waals surface area contributed by atoms with Gasteiger partial charge in [-0.1, -0.05) is 12.8 Å².